The maximum absolute atomic E-state index is 11.8. The second-order valence-electron chi connectivity index (χ2n) is 4.77. The summed E-state index contributed by atoms with van der Waals surface area (Å²) < 4.78 is 10.0. The van der Waals surface area contributed by atoms with E-state index in [1.54, 1.807) is 7.11 Å². The smallest absolute Gasteiger partial charge is 0.348 e. The first-order valence-electron chi connectivity index (χ1n) is 6.60. The first-order valence-corrected chi connectivity index (χ1v) is 7.42. The molecule has 0 radical (unpaired) electrons. The lowest BCUT2D eigenvalue weighted by Gasteiger charge is -2.12. The Kier molecular flexibility index (Phi) is 4.74. The first-order chi connectivity index (χ1) is 9.97. The Hall–Kier alpha value is -1.73. The number of rotatable bonds is 5. The molecule has 2 rings (SSSR count). The van der Waals surface area contributed by atoms with Crippen LogP contribution in [0.15, 0.2) is 0 Å². The van der Waals surface area contributed by atoms with Gasteiger partial charge in [-0.2, -0.15) is 0 Å². The molecule has 0 aliphatic rings. The highest BCUT2D eigenvalue weighted by Crippen LogP contribution is 2.34. The highest BCUT2D eigenvalue weighted by Gasteiger charge is 2.20. The van der Waals surface area contributed by atoms with Crippen molar-refractivity contribution in [1.29, 1.82) is 0 Å². The van der Waals surface area contributed by atoms with E-state index < -0.39 is 0 Å². The van der Waals surface area contributed by atoms with Crippen LogP contribution in [0.1, 0.15) is 28.0 Å². The summed E-state index contributed by atoms with van der Waals surface area (Å²) in [6.07, 6.45) is 0.0642. The normalized spacial score (nSPS) is 12.4. The van der Waals surface area contributed by atoms with Crippen molar-refractivity contribution in [3.63, 3.8) is 0 Å². The average molecular weight is 309 g/mol. The Morgan fingerprint density at radius 2 is 2.05 bits per heavy atom. The third kappa shape index (κ3) is 3.14. The summed E-state index contributed by atoms with van der Waals surface area (Å²) in [5, 5.41) is 4.14. The Morgan fingerprint density at radius 1 is 1.33 bits per heavy atom. The summed E-state index contributed by atoms with van der Waals surface area (Å²) in [6.45, 7) is 6.31. The summed E-state index contributed by atoms with van der Waals surface area (Å²) in [6, 6.07) is 0. The Labute approximate surface area is 127 Å². The minimum absolute atomic E-state index is 0.0642. The van der Waals surface area contributed by atoms with Crippen LogP contribution in [0.4, 0.5) is 5.82 Å². The van der Waals surface area contributed by atoms with Crippen LogP contribution in [0.2, 0.25) is 0 Å². The van der Waals surface area contributed by atoms with Crippen molar-refractivity contribution in [2.45, 2.75) is 26.9 Å². The number of hydrogen-bond acceptors (Lipinski definition) is 7. The molecule has 1 unspecified atom stereocenters. The molecular formula is C14H19N3O3S. The molecule has 6 nitrogen and oxygen atoms in total. The number of thiophene rings is 1. The topological polar surface area (TPSA) is 73.3 Å². The molecule has 0 saturated heterocycles. The molecule has 0 bridgehead atoms. The van der Waals surface area contributed by atoms with Gasteiger partial charge in [-0.1, -0.05) is 0 Å². The number of methoxy groups -OCH3 is 2. The van der Waals surface area contributed by atoms with Crippen molar-refractivity contribution in [3.8, 4) is 0 Å². The van der Waals surface area contributed by atoms with Gasteiger partial charge in [-0.05, 0) is 26.3 Å². The number of carbonyl (C=O) groups excluding carboxylic acids is 1. The van der Waals surface area contributed by atoms with Crippen LogP contribution >= 0.6 is 11.3 Å². The van der Waals surface area contributed by atoms with Gasteiger partial charge in [0.15, 0.2) is 0 Å². The molecule has 1 N–H and O–H groups in total. The fourth-order valence-corrected chi connectivity index (χ4v) is 3.13. The van der Waals surface area contributed by atoms with Gasteiger partial charge < -0.3 is 14.8 Å². The van der Waals surface area contributed by atoms with E-state index in [9.17, 15) is 4.79 Å². The van der Waals surface area contributed by atoms with Crippen molar-refractivity contribution < 1.29 is 14.3 Å². The fraction of sp³-hybridized carbons (Fsp3) is 0.500. The third-order valence-electron chi connectivity index (χ3n) is 3.23. The first kappa shape index (κ1) is 15.7. The van der Waals surface area contributed by atoms with Crippen LogP contribution in [0.5, 0.6) is 0 Å². The number of esters is 1. The van der Waals surface area contributed by atoms with Crippen LogP contribution < -0.4 is 5.32 Å². The van der Waals surface area contributed by atoms with Gasteiger partial charge in [0, 0.05) is 13.7 Å². The van der Waals surface area contributed by atoms with Crippen molar-refractivity contribution >= 4 is 33.3 Å². The van der Waals surface area contributed by atoms with E-state index in [1.807, 2.05) is 20.8 Å². The van der Waals surface area contributed by atoms with Crippen LogP contribution in [-0.4, -0.2) is 42.8 Å². The molecular weight excluding hydrogens is 290 g/mol. The molecule has 2 aromatic heterocycles. The van der Waals surface area contributed by atoms with E-state index in [2.05, 4.69) is 15.3 Å². The van der Waals surface area contributed by atoms with Gasteiger partial charge in [-0.3, -0.25) is 0 Å². The van der Waals surface area contributed by atoms with E-state index in [-0.39, 0.29) is 12.1 Å². The molecule has 0 aliphatic heterocycles. The highest BCUT2D eigenvalue weighted by molar-refractivity contribution is 7.20. The predicted octanol–water partition coefficient (Wildman–Crippen LogP) is 2.54. The number of carbonyl (C=O) groups is 1. The average Bonchev–Trinajstić information content (AvgIpc) is 2.80. The molecule has 0 saturated carbocycles. The molecule has 114 valence electrons. The van der Waals surface area contributed by atoms with Gasteiger partial charge in [-0.25, -0.2) is 14.8 Å². The Balaban J connectivity index is 2.49. The second kappa shape index (κ2) is 6.36. The van der Waals surface area contributed by atoms with E-state index in [0.29, 0.717) is 17.2 Å². The molecule has 21 heavy (non-hydrogen) atoms. The number of anilines is 1. The number of hydrogen-bond donors (Lipinski definition) is 1. The number of aryl methyl sites for hydroxylation is 2. The van der Waals surface area contributed by atoms with Crippen molar-refractivity contribution in [1.82, 2.24) is 9.97 Å². The molecule has 0 spiro atoms. The zero-order valence-corrected chi connectivity index (χ0v) is 13.6. The van der Waals surface area contributed by atoms with Gasteiger partial charge in [0.2, 0.25) is 0 Å². The number of ether oxygens (including phenoxy) is 2. The quantitative estimate of drug-likeness (QED) is 0.856. The minimum atomic E-state index is -0.343. The minimum Gasteiger partial charge on any atom is -0.465 e. The molecule has 0 amide bonds. The van der Waals surface area contributed by atoms with E-state index in [1.165, 1.54) is 18.4 Å². The van der Waals surface area contributed by atoms with E-state index in [0.717, 1.165) is 21.6 Å². The van der Waals surface area contributed by atoms with Crippen molar-refractivity contribution in [2.24, 2.45) is 0 Å². The second-order valence-corrected chi connectivity index (χ2v) is 5.77. The standard InChI is InChI=1S/C14H19N3O3S/c1-7(19-4)6-15-12-10-8(2)11(14(18)20-5)21-13(10)17-9(3)16-12/h7H,6H2,1-5H3,(H,15,16,17). The van der Waals surface area contributed by atoms with E-state index >= 15 is 0 Å². The third-order valence-corrected chi connectivity index (χ3v) is 4.40. The zero-order valence-electron chi connectivity index (χ0n) is 12.8. The SMILES string of the molecule is COC(=O)c1sc2nc(C)nc(NCC(C)OC)c2c1C. The summed E-state index contributed by atoms with van der Waals surface area (Å²) >= 11 is 1.33. The van der Waals surface area contributed by atoms with E-state index in [4.69, 9.17) is 9.47 Å². The molecule has 1 atom stereocenters. The molecule has 0 aromatic carbocycles. The molecule has 2 aromatic rings. The van der Waals surface area contributed by atoms with Crippen LogP contribution in [0.25, 0.3) is 10.2 Å². The maximum Gasteiger partial charge on any atom is 0.348 e. The monoisotopic (exact) mass is 309 g/mol. The summed E-state index contributed by atoms with van der Waals surface area (Å²) in [7, 11) is 3.04. The summed E-state index contributed by atoms with van der Waals surface area (Å²) in [4.78, 5) is 22.0. The van der Waals surface area contributed by atoms with Crippen molar-refractivity contribution in [2.75, 3.05) is 26.1 Å². The predicted molar refractivity (Wildman–Crippen MR) is 83.2 cm³/mol. The van der Waals surface area contributed by atoms with Crippen LogP contribution in [0.3, 0.4) is 0 Å². The van der Waals surface area contributed by atoms with Crippen LogP contribution in [-0.2, 0) is 9.47 Å². The molecule has 0 fully saturated rings. The summed E-state index contributed by atoms with van der Waals surface area (Å²) in [5.41, 5.74) is 0.842. The molecule has 2 heterocycles. The largest absolute Gasteiger partial charge is 0.465 e. The zero-order chi connectivity index (χ0) is 15.6. The van der Waals surface area contributed by atoms with Gasteiger partial charge in [0.25, 0.3) is 0 Å². The lowest BCUT2D eigenvalue weighted by Crippen LogP contribution is -2.19. The van der Waals surface area contributed by atoms with Crippen molar-refractivity contribution in [3.05, 3.63) is 16.3 Å². The Morgan fingerprint density at radius 3 is 2.67 bits per heavy atom. The lowest BCUT2D eigenvalue weighted by atomic mass is 10.2. The maximum atomic E-state index is 11.8. The van der Waals surface area contributed by atoms with Gasteiger partial charge in [0.1, 0.15) is 21.3 Å². The lowest BCUT2D eigenvalue weighted by molar-refractivity contribution is 0.0605. The van der Waals surface area contributed by atoms with Gasteiger partial charge in [-0.15, -0.1) is 11.3 Å². The number of nitrogens with zero attached hydrogens (tertiary/aromatic N) is 2. The highest BCUT2D eigenvalue weighted by atomic mass is 32.1. The van der Waals surface area contributed by atoms with Crippen LogP contribution in [0, 0.1) is 13.8 Å². The number of nitrogens with one attached hydrogen (secondary N) is 1. The molecule has 0 aliphatic carbocycles. The summed E-state index contributed by atoms with van der Waals surface area (Å²) in [5.74, 6) is 1.04. The van der Waals surface area contributed by atoms with Gasteiger partial charge in [0.05, 0.1) is 18.6 Å². The molecule has 7 heteroatoms. The Bertz CT molecular complexity index is 669. The number of fused-ring (bicyclic) bond motifs is 1. The number of aromatic nitrogens is 2. The van der Waals surface area contributed by atoms with Gasteiger partial charge >= 0.3 is 5.97 Å². The fourth-order valence-electron chi connectivity index (χ4n) is 1.98.